The van der Waals surface area contributed by atoms with E-state index in [1.807, 2.05) is 19.2 Å². The third kappa shape index (κ3) is 7.60. The summed E-state index contributed by atoms with van der Waals surface area (Å²) < 4.78 is 5.49. The molecule has 1 aromatic heterocycles. The number of non-ortho nitro benzene ring substituents is 1. The van der Waals surface area contributed by atoms with Crippen LogP contribution in [0.15, 0.2) is 53.7 Å². The number of fused-ring (bicyclic) bond motifs is 1. The van der Waals surface area contributed by atoms with E-state index in [1.165, 1.54) is 40.8 Å². The zero-order chi connectivity index (χ0) is 22.9. The number of hydrogen-bond acceptors (Lipinski definition) is 5. The Morgan fingerprint density at radius 1 is 1.24 bits per heavy atom. The Kier molecular flexibility index (Phi) is 10.4. The van der Waals surface area contributed by atoms with E-state index in [0.29, 0.717) is 24.8 Å². The first-order valence-corrected chi connectivity index (χ1v) is 10.6. The molecule has 9 nitrogen and oxygen atoms in total. The fraction of sp³-hybridized carbons (Fsp3) is 0.348. The Balaban J connectivity index is 0.00000385. The lowest BCUT2D eigenvalue weighted by molar-refractivity contribution is -0.384. The van der Waals surface area contributed by atoms with Crippen molar-refractivity contribution in [2.45, 2.75) is 26.4 Å². The van der Waals surface area contributed by atoms with E-state index in [2.05, 4.69) is 39.7 Å². The molecular weight excluding hydrogens is 537 g/mol. The van der Waals surface area contributed by atoms with Crippen LogP contribution in [0.1, 0.15) is 18.1 Å². The molecule has 10 heteroatoms. The molecule has 0 fully saturated rings. The molecular formula is C23H30IN5O4. The maximum Gasteiger partial charge on any atom is 0.269 e. The molecule has 0 aliphatic heterocycles. The van der Waals surface area contributed by atoms with Crippen LogP contribution in [-0.4, -0.2) is 53.3 Å². The summed E-state index contributed by atoms with van der Waals surface area (Å²) in [4.78, 5) is 18.0. The standard InChI is InChI=1S/C23H29N5O4.HI/c1-3-24-23(25-12-11-17-13-26-21-6-4-5-16(2)22(17)21)27-14-19(29)15-32-20-9-7-18(8-10-20)28(30)31;/h4-10,13,19,26,29H,3,11-12,14-15H2,1-2H3,(H2,24,25,27);1H. The lowest BCUT2D eigenvalue weighted by atomic mass is 10.1. The number of aromatic nitrogens is 1. The van der Waals surface area contributed by atoms with Crippen LogP contribution in [0, 0.1) is 17.0 Å². The van der Waals surface area contributed by atoms with Gasteiger partial charge in [0.2, 0.25) is 0 Å². The van der Waals surface area contributed by atoms with Crippen molar-refractivity contribution >= 4 is 46.5 Å². The molecule has 4 N–H and O–H groups in total. The van der Waals surface area contributed by atoms with Gasteiger partial charge in [0.1, 0.15) is 18.5 Å². The van der Waals surface area contributed by atoms with Crippen molar-refractivity contribution < 1.29 is 14.8 Å². The highest BCUT2D eigenvalue weighted by Crippen LogP contribution is 2.22. The van der Waals surface area contributed by atoms with Gasteiger partial charge in [0.15, 0.2) is 5.96 Å². The number of nitro benzene ring substituents is 1. The number of aliphatic imine (C=N–C) groups is 1. The third-order valence-electron chi connectivity index (χ3n) is 4.98. The summed E-state index contributed by atoms with van der Waals surface area (Å²) in [5.74, 6) is 1.08. The Hall–Kier alpha value is -2.86. The van der Waals surface area contributed by atoms with Crippen molar-refractivity contribution in [3.8, 4) is 5.75 Å². The van der Waals surface area contributed by atoms with Crippen molar-refractivity contribution in [3.05, 3.63) is 69.9 Å². The van der Waals surface area contributed by atoms with E-state index in [0.717, 1.165) is 11.9 Å². The number of halogens is 1. The van der Waals surface area contributed by atoms with Crippen molar-refractivity contribution in [1.29, 1.82) is 0 Å². The fourth-order valence-corrected chi connectivity index (χ4v) is 3.41. The maximum absolute atomic E-state index is 10.7. The molecule has 178 valence electrons. The number of nitrogens with one attached hydrogen (secondary N) is 3. The number of rotatable bonds is 10. The number of hydrogen-bond donors (Lipinski definition) is 4. The quantitative estimate of drug-likeness (QED) is 0.0977. The van der Waals surface area contributed by atoms with Gasteiger partial charge in [0.25, 0.3) is 5.69 Å². The van der Waals surface area contributed by atoms with E-state index in [4.69, 9.17) is 4.74 Å². The van der Waals surface area contributed by atoms with Gasteiger partial charge in [-0.3, -0.25) is 15.1 Å². The normalized spacial score (nSPS) is 12.2. The second kappa shape index (κ2) is 13.0. The number of aryl methyl sites for hydroxylation is 1. The van der Waals surface area contributed by atoms with Gasteiger partial charge in [0.05, 0.1) is 11.5 Å². The molecule has 0 aliphatic carbocycles. The van der Waals surface area contributed by atoms with Gasteiger partial charge in [0, 0.05) is 42.3 Å². The highest BCUT2D eigenvalue weighted by molar-refractivity contribution is 14.0. The number of aliphatic hydroxyl groups excluding tert-OH is 1. The first-order valence-electron chi connectivity index (χ1n) is 10.6. The monoisotopic (exact) mass is 567 g/mol. The molecule has 2 aromatic carbocycles. The van der Waals surface area contributed by atoms with Crippen LogP contribution in [0.3, 0.4) is 0 Å². The Bertz CT molecular complexity index is 1070. The van der Waals surface area contributed by atoms with Crippen molar-refractivity contribution in [2.75, 3.05) is 26.2 Å². The third-order valence-corrected chi connectivity index (χ3v) is 4.98. The minimum atomic E-state index is -0.808. The van der Waals surface area contributed by atoms with E-state index in [-0.39, 0.29) is 42.8 Å². The lowest BCUT2D eigenvalue weighted by Crippen LogP contribution is -2.39. The highest BCUT2D eigenvalue weighted by atomic mass is 127. The van der Waals surface area contributed by atoms with E-state index in [9.17, 15) is 15.2 Å². The van der Waals surface area contributed by atoms with Crippen LogP contribution in [0.5, 0.6) is 5.75 Å². The molecule has 0 saturated heterocycles. The molecule has 0 amide bonds. The summed E-state index contributed by atoms with van der Waals surface area (Å²) in [5.41, 5.74) is 3.62. The van der Waals surface area contributed by atoms with Crippen LogP contribution < -0.4 is 15.4 Å². The van der Waals surface area contributed by atoms with Crippen LogP contribution in [0.2, 0.25) is 0 Å². The lowest BCUT2D eigenvalue weighted by Gasteiger charge is -2.14. The predicted molar refractivity (Wildman–Crippen MR) is 141 cm³/mol. The number of aliphatic hydroxyl groups is 1. The highest BCUT2D eigenvalue weighted by Gasteiger charge is 2.09. The number of ether oxygens (including phenoxy) is 1. The topological polar surface area (TPSA) is 125 Å². The molecule has 1 heterocycles. The molecule has 0 spiro atoms. The molecule has 1 atom stereocenters. The number of nitro groups is 1. The van der Waals surface area contributed by atoms with Crippen LogP contribution in [-0.2, 0) is 6.42 Å². The smallest absolute Gasteiger partial charge is 0.269 e. The Labute approximate surface area is 209 Å². The number of H-pyrrole nitrogens is 1. The van der Waals surface area contributed by atoms with Gasteiger partial charge in [-0.2, -0.15) is 0 Å². The summed E-state index contributed by atoms with van der Waals surface area (Å²) in [6, 6.07) is 12.0. The molecule has 0 saturated carbocycles. The maximum atomic E-state index is 10.7. The zero-order valence-corrected chi connectivity index (χ0v) is 21.0. The Morgan fingerprint density at radius 2 is 2.00 bits per heavy atom. The average Bonchev–Trinajstić information content (AvgIpc) is 3.20. The summed E-state index contributed by atoms with van der Waals surface area (Å²) in [5, 5.41) is 28.6. The summed E-state index contributed by atoms with van der Waals surface area (Å²) >= 11 is 0. The van der Waals surface area contributed by atoms with Crippen LogP contribution in [0.25, 0.3) is 10.9 Å². The first kappa shape index (κ1) is 26.4. The molecule has 0 bridgehead atoms. The van der Waals surface area contributed by atoms with Crippen molar-refractivity contribution in [3.63, 3.8) is 0 Å². The average molecular weight is 567 g/mol. The largest absolute Gasteiger partial charge is 0.491 e. The van der Waals surface area contributed by atoms with E-state index < -0.39 is 11.0 Å². The van der Waals surface area contributed by atoms with E-state index in [1.54, 1.807) is 0 Å². The van der Waals surface area contributed by atoms with E-state index >= 15 is 0 Å². The minimum Gasteiger partial charge on any atom is -0.491 e. The predicted octanol–water partition coefficient (Wildman–Crippen LogP) is 3.54. The van der Waals surface area contributed by atoms with Crippen molar-refractivity contribution in [1.82, 2.24) is 15.6 Å². The van der Waals surface area contributed by atoms with Gasteiger partial charge in [-0.25, -0.2) is 0 Å². The second-order valence-electron chi connectivity index (χ2n) is 7.42. The SMILES string of the molecule is CCNC(=NCC(O)COc1ccc([N+](=O)[O-])cc1)NCCc1c[nH]c2cccc(C)c12.I. The van der Waals surface area contributed by atoms with Gasteiger partial charge in [-0.1, -0.05) is 12.1 Å². The second-order valence-corrected chi connectivity index (χ2v) is 7.42. The minimum absolute atomic E-state index is 0. The van der Waals surface area contributed by atoms with Gasteiger partial charge in [-0.15, -0.1) is 24.0 Å². The van der Waals surface area contributed by atoms with Gasteiger partial charge in [-0.05, 0) is 49.6 Å². The van der Waals surface area contributed by atoms with Crippen LogP contribution >= 0.6 is 24.0 Å². The molecule has 33 heavy (non-hydrogen) atoms. The van der Waals surface area contributed by atoms with Gasteiger partial charge >= 0.3 is 0 Å². The summed E-state index contributed by atoms with van der Waals surface area (Å²) in [7, 11) is 0. The summed E-state index contributed by atoms with van der Waals surface area (Å²) in [6.07, 6.45) is 2.07. The molecule has 3 aromatic rings. The number of aromatic amines is 1. The number of guanidine groups is 1. The molecule has 3 rings (SSSR count). The number of nitrogens with zero attached hydrogens (tertiary/aromatic N) is 2. The van der Waals surface area contributed by atoms with Crippen LogP contribution in [0.4, 0.5) is 5.69 Å². The molecule has 0 radical (unpaired) electrons. The first-order chi connectivity index (χ1) is 15.5. The van der Waals surface area contributed by atoms with Gasteiger partial charge < -0.3 is 25.5 Å². The molecule has 1 unspecified atom stereocenters. The molecule has 0 aliphatic rings. The summed E-state index contributed by atoms with van der Waals surface area (Å²) in [6.45, 7) is 5.69. The van der Waals surface area contributed by atoms with Crippen molar-refractivity contribution in [2.24, 2.45) is 4.99 Å². The number of benzene rings is 2. The Morgan fingerprint density at radius 3 is 2.70 bits per heavy atom. The fourth-order valence-electron chi connectivity index (χ4n) is 3.41. The zero-order valence-electron chi connectivity index (χ0n) is 18.7.